The minimum Gasteiger partial charge on any atom is -0.312 e. The van der Waals surface area contributed by atoms with Gasteiger partial charge in [0.1, 0.15) is 11.6 Å². The first-order valence-electron chi connectivity index (χ1n) is 9.21. The van der Waals surface area contributed by atoms with E-state index in [4.69, 9.17) is 0 Å². The third-order valence-corrected chi connectivity index (χ3v) is 5.30. The molecule has 3 heterocycles. The van der Waals surface area contributed by atoms with Gasteiger partial charge in [0, 0.05) is 36.5 Å². The van der Waals surface area contributed by atoms with Crippen LogP contribution in [0.15, 0.2) is 33.9 Å². The van der Waals surface area contributed by atoms with E-state index in [0.29, 0.717) is 49.3 Å². The van der Waals surface area contributed by atoms with Crippen molar-refractivity contribution in [3.05, 3.63) is 61.9 Å². The van der Waals surface area contributed by atoms with Crippen molar-refractivity contribution in [2.75, 3.05) is 11.4 Å². The molecule has 1 fully saturated rings. The van der Waals surface area contributed by atoms with Crippen molar-refractivity contribution in [2.24, 2.45) is 0 Å². The van der Waals surface area contributed by atoms with Crippen molar-refractivity contribution >= 4 is 17.4 Å². The third kappa shape index (κ3) is 2.85. The van der Waals surface area contributed by atoms with Gasteiger partial charge >= 0.3 is 5.69 Å². The van der Waals surface area contributed by atoms with Gasteiger partial charge in [-0.2, -0.15) is 5.26 Å². The lowest BCUT2D eigenvalue weighted by atomic mass is 10.1. The fourth-order valence-electron chi connectivity index (χ4n) is 3.89. The van der Waals surface area contributed by atoms with Gasteiger partial charge < -0.3 is 4.90 Å². The molecule has 2 aliphatic heterocycles. The second kappa shape index (κ2) is 6.93. The van der Waals surface area contributed by atoms with E-state index in [0.717, 1.165) is 11.0 Å². The van der Waals surface area contributed by atoms with E-state index < -0.39 is 23.6 Å². The van der Waals surface area contributed by atoms with Crippen LogP contribution in [0.4, 0.5) is 5.69 Å². The Kier molecular flexibility index (Phi) is 4.43. The molecule has 0 bridgehead atoms. The van der Waals surface area contributed by atoms with Crippen LogP contribution in [0.25, 0.3) is 0 Å². The Labute approximate surface area is 160 Å². The number of nitrogens with zero attached hydrogens (tertiary/aromatic N) is 4. The van der Waals surface area contributed by atoms with Crippen molar-refractivity contribution in [2.45, 2.75) is 38.8 Å². The van der Waals surface area contributed by atoms with Gasteiger partial charge in [-0.15, -0.1) is 0 Å². The maximum atomic E-state index is 12.8. The number of hydrogen-bond donors (Lipinski definition) is 0. The summed E-state index contributed by atoms with van der Waals surface area (Å²) in [5.41, 5.74) is 0.0456. The minimum atomic E-state index is -0.722. The van der Waals surface area contributed by atoms with E-state index in [1.54, 1.807) is 29.2 Å². The number of carbonyl (C=O) groups is 2. The van der Waals surface area contributed by atoms with Gasteiger partial charge in [-0.1, -0.05) is 12.1 Å². The largest absolute Gasteiger partial charge is 0.331 e. The lowest BCUT2D eigenvalue weighted by Crippen LogP contribution is -2.43. The van der Waals surface area contributed by atoms with E-state index >= 15 is 0 Å². The summed E-state index contributed by atoms with van der Waals surface area (Å²) in [5, 5.41) is 9.33. The Morgan fingerprint density at radius 1 is 1.11 bits per heavy atom. The molecule has 0 N–H and O–H groups in total. The van der Waals surface area contributed by atoms with E-state index in [1.165, 1.54) is 4.57 Å². The van der Waals surface area contributed by atoms with Crippen LogP contribution in [-0.2, 0) is 24.3 Å². The Hall–Kier alpha value is -3.47. The molecule has 142 valence electrons. The zero-order chi connectivity index (χ0) is 19.8. The summed E-state index contributed by atoms with van der Waals surface area (Å²) in [5.74, 6) is -0.411. The highest BCUT2D eigenvalue weighted by Crippen LogP contribution is 2.22. The first-order chi connectivity index (χ1) is 13.5. The molecule has 2 aliphatic rings. The second-order valence-corrected chi connectivity index (χ2v) is 6.98. The standard InChI is InChI=1S/C20H18N4O4/c21-11-15-16-6-2-9-23(16)20(28)24(19(15)27)12-17(25)13-4-1-5-14(10-13)22-8-3-7-18(22)26/h1,4-5,10H,2-3,6-9,12H2. The predicted molar refractivity (Wildman–Crippen MR) is 100 cm³/mol. The first-order valence-corrected chi connectivity index (χ1v) is 9.21. The zero-order valence-electron chi connectivity index (χ0n) is 15.2. The average molecular weight is 378 g/mol. The highest BCUT2D eigenvalue weighted by atomic mass is 16.2. The van der Waals surface area contributed by atoms with Crippen molar-refractivity contribution < 1.29 is 9.59 Å². The minimum absolute atomic E-state index is 0.0105. The van der Waals surface area contributed by atoms with Crippen molar-refractivity contribution in [1.29, 1.82) is 5.26 Å². The van der Waals surface area contributed by atoms with Crippen molar-refractivity contribution in [3.63, 3.8) is 0 Å². The third-order valence-electron chi connectivity index (χ3n) is 5.30. The van der Waals surface area contributed by atoms with E-state index in [1.807, 2.05) is 6.07 Å². The summed E-state index contributed by atoms with van der Waals surface area (Å²) in [6.45, 7) is 0.599. The summed E-state index contributed by atoms with van der Waals surface area (Å²) in [7, 11) is 0. The number of benzene rings is 1. The fourth-order valence-corrected chi connectivity index (χ4v) is 3.89. The normalized spacial score (nSPS) is 15.5. The molecule has 1 aromatic carbocycles. The molecule has 0 radical (unpaired) electrons. The number of fused-ring (bicyclic) bond motifs is 1. The molecule has 8 heteroatoms. The highest BCUT2D eigenvalue weighted by Gasteiger charge is 2.25. The molecule has 2 aromatic rings. The van der Waals surface area contributed by atoms with Gasteiger partial charge in [0.05, 0.1) is 6.54 Å². The van der Waals surface area contributed by atoms with Gasteiger partial charge in [-0.25, -0.2) is 4.79 Å². The molecule has 0 aliphatic carbocycles. The number of ketones is 1. The Morgan fingerprint density at radius 2 is 1.89 bits per heavy atom. The fraction of sp³-hybridized carbons (Fsp3) is 0.350. The lowest BCUT2D eigenvalue weighted by molar-refractivity contribution is -0.117. The van der Waals surface area contributed by atoms with Gasteiger partial charge in [-0.3, -0.25) is 23.5 Å². The summed E-state index contributed by atoms with van der Waals surface area (Å²) >= 11 is 0. The number of hydrogen-bond acceptors (Lipinski definition) is 5. The van der Waals surface area contributed by atoms with Crippen molar-refractivity contribution in [1.82, 2.24) is 9.13 Å². The van der Waals surface area contributed by atoms with E-state index in [2.05, 4.69) is 0 Å². The van der Waals surface area contributed by atoms with Crippen LogP contribution in [-0.4, -0.2) is 27.4 Å². The molecule has 1 amide bonds. The van der Waals surface area contributed by atoms with Gasteiger partial charge in [-0.05, 0) is 31.4 Å². The van der Waals surface area contributed by atoms with Gasteiger partial charge in [0.15, 0.2) is 5.78 Å². The van der Waals surface area contributed by atoms with Gasteiger partial charge in [0.2, 0.25) is 5.91 Å². The Balaban J connectivity index is 1.69. The zero-order valence-corrected chi connectivity index (χ0v) is 15.2. The number of aromatic nitrogens is 2. The number of nitriles is 1. The molecular weight excluding hydrogens is 360 g/mol. The molecule has 0 unspecified atom stereocenters. The summed E-state index contributed by atoms with van der Waals surface area (Å²) in [6.07, 6.45) is 2.45. The molecule has 0 saturated carbocycles. The Morgan fingerprint density at radius 3 is 2.61 bits per heavy atom. The summed E-state index contributed by atoms with van der Waals surface area (Å²) in [4.78, 5) is 51.6. The molecule has 0 spiro atoms. The monoisotopic (exact) mass is 378 g/mol. The molecular formula is C20H18N4O4. The summed E-state index contributed by atoms with van der Waals surface area (Å²) < 4.78 is 2.25. The lowest BCUT2D eigenvalue weighted by Gasteiger charge is -2.16. The molecule has 1 saturated heterocycles. The summed E-state index contributed by atoms with van der Waals surface area (Å²) in [6, 6.07) is 8.50. The number of amides is 1. The van der Waals surface area contributed by atoms with Crippen LogP contribution in [0.5, 0.6) is 0 Å². The maximum absolute atomic E-state index is 12.8. The van der Waals surface area contributed by atoms with Crippen LogP contribution in [0, 0.1) is 11.3 Å². The number of rotatable bonds is 4. The van der Waals surface area contributed by atoms with Crippen LogP contribution >= 0.6 is 0 Å². The van der Waals surface area contributed by atoms with Crippen LogP contribution in [0.1, 0.15) is 40.9 Å². The number of Topliss-reactive ketones (excluding diaryl/α,β-unsaturated/α-hetero) is 1. The molecule has 1 aromatic heterocycles. The Bertz CT molecular complexity index is 1150. The van der Waals surface area contributed by atoms with Crippen LogP contribution < -0.4 is 16.1 Å². The number of carbonyl (C=O) groups excluding carboxylic acids is 2. The smallest absolute Gasteiger partial charge is 0.312 e. The molecule has 8 nitrogen and oxygen atoms in total. The SMILES string of the molecule is N#Cc1c2n(c(=O)n(CC(=O)c3cccc(N4CCCC4=O)c3)c1=O)CCC2. The van der Waals surface area contributed by atoms with Crippen LogP contribution in [0.2, 0.25) is 0 Å². The van der Waals surface area contributed by atoms with Crippen LogP contribution in [0.3, 0.4) is 0 Å². The average Bonchev–Trinajstić information content (AvgIpc) is 3.35. The highest BCUT2D eigenvalue weighted by molar-refractivity contribution is 5.99. The van der Waals surface area contributed by atoms with Crippen molar-refractivity contribution in [3.8, 4) is 6.07 Å². The quantitative estimate of drug-likeness (QED) is 0.733. The molecule has 28 heavy (non-hydrogen) atoms. The topological polar surface area (TPSA) is 105 Å². The molecule has 4 rings (SSSR count). The maximum Gasteiger partial charge on any atom is 0.331 e. The van der Waals surface area contributed by atoms with E-state index in [9.17, 15) is 24.4 Å². The first kappa shape index (κ1) is 17.9. The van der Waals surface area contributed by atoms with E-state index in [-0.39, 0.29) is 11.5 Å². The van der Waals surface area contributed by atoms with Gasteiger partial charge in [0.25, 0.3) is 5.56 Å². The molecule has 0 atom stereocenters. The predicted octanol–water partition coefficient (Wildman–Crippen LogP) is 0.838. The number of anilines is 1. The second-order valence-electron chi connectivity index (χ2n) is 6.98.